The van der Waals surface area contributed by atoms with Crippen LogP contribution in [0.25, 0.3) is 5.69 Å². The zero-order valence-corrected chi connectivity index (χ0v) is 25.6. The van der Waals surface area contributed by atoms with Crippen LogP contribution in [0, 0.1) is 32.1 Å². The number of hydrogen-bond donors (Lipinski definition) is 3. The summed E-state index contributed by atoms with van der Waals surface area (Å²) < 4.78 is 31.4. The van der Waals surface area contributed by atoms with Gasteiger partial charge in [0.15, 0.2) is 0 Å². The third kappa shape index (κ3) is 8.74. The monoisotopic (exact) mass is 608 g/mol. The number of aliphatic hydroxyl groups is 1. The molecular formula is C31H33ClN4O5S. The normalized spacial score (nSPS) is 11.3. The predicted molar refractivity (Wildman–Crippen MR) is 162 cm³/mol. The van der Waals surface area contributed by atoms with Crippen molar-refractivity contribution >= 4 is 27.6 Å². The minimum atomic E-state index is -4.02. The number of nitriles is 1. The van der Waals surface area contributed by atoms with E-state index in [0.717, 1.165) is 33.8 Å². The first-order valence-electron chi connectivity index (χ1n) is 13.0. The summed E-state index contributed by atoms with van der Waals surface area (Å²) in [4.78, 5) is 12.2. The highest BCUT2D eigenvalue weighted by Crippen LogP contribution is 2.24. The van der Waals surface area contributed by atoms with Crippen molar-refractivity contribution in [1.82, 2.24) is 15.1 Å². The first kappa shape index (κ1) is 32.5. The summed E-state index contributed by atoms with van der Waals surface area (Å²) in [6, 6.07) is 20.7. The smallest absolute Gasteiger partial charge is 0.294 e. The lowest BCUT2D eigenvalue weighted by molar-refractivity contribution is 0.0694. The molecule has 0 bridgehead atoms. The van der Waals surface area contributed by atoms with Crippen LogP contribution in [-0.4, -0.2) is 45.9 Å². The second kappa shape index (κ2) is 13.3. The SMILES string of the molecule is Cc1ccc(S(=O)(=O)O)cc1.Cc1nn(-c2ccc(C#N)c(Cl)c2)c(C)c1Cc1ccc(C(=O)NCC(C)(C)O)cc1. The van der Waals surface area contributed by atoms with E-state index in [1.807, 2.05) is 43.7 Å². The van der Waals surface area contributed by atoms with E-state index >= 15 is 0 Å². The molecule has 0 saturated heterocycles. The molecule has 220 valence electrons. The number of halogens is 1. The Bertz CT molecular complexity index is 1720. The van der Waals surface area contributed by atoms with Crippen LogP contribution in [0.15, 0.2) is 71.6 Å². The highest BCUT2D eigenvalue weighted by atomic mass is 35.5. The predicted octanol–water partition coefficient (Wildman–Crippen LogP) is 5.35. The number of aromatic nitrogens is 2. The lowest BCUT2D eigenvalue weighted by Gasteiger charge is -2.17. The molecule has 1 aromatic heterocycles. The number of carbonyl (C=O) groups excluding carboxylic acids is 1. The number of nitrogens with zero attached hydrogens (tertiary/aromatic N) is 3. The van der Waals surface area contributed by atoms with E-state index in [9.17, 15) is 18.3 Å². The van der Waals surface area contributed by atoms with Crippen LogP contribution in [0.5, 0.6) is 0 Å². The highest BCUT2D eigenvalue weighted by Gasteiger charge is 2.17. The summed E-state index contributed by atoms with van der Waals surface area (Å²) >= 11 is 6.19. The Kier molecular flexibility index (Phi) is 10.3. The number of amides is 1. The summed E-state index contributed by atoms with van der Waals surface area (Å²) in [5.41, 5.74) is 5.83. The van der Waals surface area contributed by atoms with Gasteiger partial charge in [-0.05, 0) is 82.6 Å². The van der Waals surface area contributed by atoms with Gasteiger partial charge in [-0.2, -0.15) is 18.8 Å². The molecule has 9 nitrogen and oxygen atoms in total. The Hall–Kier alpha value is -4.01. The standard InChI is InChI=1S/C24H25ClN4O2.C7H8O3S/c1-15-21(16(2)29(28-15)20-10-9-19(13-26)22(25)12-20)11-17-5-7-18(8-6-17)23(30)27-14-24(3,4)31;1-6-2-4-7(5-3-6)11(8,9)10/h5-10,12,31H,11,14H2,1-4H3,(H,27,30);2-5H,1H3,(H,8,9,10). The maximum absolute atomic E-state index is 12.2. The molecule has 11 heteroatoms. The Labute approximate surface area is 251 Å². The number of hydrogen-bond acceptors (Lipinski definition) is 6. The van der Waals surface area contributed by atoms with Crippen molar-refractivity contribution in [3.05, 3.63) is 111 Å². The lowest BCUT2D eigenvalue weighted by atomic mass is 10.0. The zero-order chi connectivity index (χ0) is 31.2. The average Bonchev–Trinajstić information content (AvgIpc) is 3.20. The Morgan fingerprint density at radius 1 is 1.05 bits per heavy atom. The summed E-state index contributed by atoms with van der Waals surface area (Å²) in [6.45, 7) is 9.28. The van der Waals surface area contributed by atoms with Crippen molar-refractivity contribution < 1.29 is 22.9 Å². The van der Waals surface area contributed by atoms with Crippen molar-refractivity contribution in [2.75, 3.05) is 6.54 Å². The Morgan fingerprint density at radius 2 is 1.67 bits per heavy atom. The van der Waals surface area contributed by atoms with Gasteiger partial charge in [0.2, 0.25) is 0 Å². The molecule has 0 unspecified atom stereocenters. The zero-order valence-electron chi connectivity index (χ0n) is 24.0. The van der Waals surface area contributed by atoms with E-state index in [1.165, 1.54) is 12.1 Å². The van der Waals surface area contributed by atoms with Crippen molar-refractivity contribution in [3.63, 3.8) is 0 Å². The fourth-order valence-electron chi connectivity index (χ4n) is 4.00. The van der Waals surface area contributed by atoms with Crippen LogP contribution in [0.4, 0.5) is 0 Å². The van der Waals surface area contributed by atoms with Crippen molar-refractivity contribution in [2.24, 2.45) is 0 Å². The van der Waals surface area contributed by atoms with Gasteiger partial charge in [0.05, 0.1) is 32.5 Å². The molecule has 3 aromatic carbocycles. The van der Waals surface area contributed by atoms with Crippen LogP contribution in [0.2, 0.25) is 5.02 Å². The van der Waals surface area contributed by atoms with E-state index in [-0.39, 0.29) is 17.3 Å². The number of carbonyl (C=O) groups is 1. The second-order valence-corrected chi connectivity index (χ2v) is 12.3. The maximum atomic E-state index is 12.2. The fraction of sp³-hybridized carbons (Fsp3) is 0.258. The molecule has 42 heavy (non-hydrogen) atoms. The highest BCUT2D eigenvalue weighted by molar-refractivity contribution is 7.85. The van der Waals surface area contributed by atoms with Gasteiger partial charge in [0, 0.05) is 29.8 Å². The van der Waals surface area contributed by atoms with E-state index < -0.39 is 15.7 Å². The lowest BCUT2D eigenvalue weighted by Crippen LogP contribution is -2.38. The summed E-state index contributed by atoms with van der Waals surface area (Å²) in [7, 11) is -4.02. The van der Waals surface area contributed by atoms with Crippen molar-refractivity contribution in [1.29, 1.82) is 5.26 Å². The number of aryl methyl sites for hydroxylation is 2. The molecule has 0 radical (unpaired) electrons. The van der Waals surface area contributed by atoms with Gasteiger partial charge in [-0.25, -0.2) is 4.68 Å². The number of rotatable bonds is 7. The molecule has 4 aromatic rings. The van der Waals surface area contributed by atoms with Gasteiger partial charge in [-0.3, -0.25) is 9.35 Å². The molecule has 0 fully saturated rings. The number of benzene rings is 3. The van der Waals surface area contributed by atoms with E-state index in [2.05, 4.69) is 16.5 Å². The minimum absolute atomic E-state index is 0.0666. The van der Waals surface area contributed by atoms with Gasteiger partial charge < -0.3 is 10.4 Å². The summed E-state index contributed by atoms with van der Waals surface area (Å²) in [5, 5.41) is 26.6. The van der Waals surface area contributed by atoms with Gasteiger partial charge in [0.25, 0.3) is 16.0 Å². The number of nitrogens with one attached hydrogen (secondary N) is 1. The molecule has 0 saturated carbocycles. The quantitative estimate of drug-likeness (QED) is 0.240. The van der Waals surface area contributed by atoms with Gasteiger partial charge in [0.1, 0.15) is 6.07 Å². The third-order valence-electron chi connectivity index (χ3n) is 6.36. The summed E-state index contributed by atoms with van der Waals surface area (Å²) in [6.07, 6.45) is 0.674. The fourth-order valence-corrected chi connectivity index (χ4v) is 4.69. The minimum Gasteiger partial charge on any atom is -0.389 e. The Balaban J connectivity index is 0.000000369. The van der Waals surface area contributed by atoms with Crippen molar-refractivity contribution in [3.8, 4) is 11.8 Å². The van der Waals surface area contributed by atoms with E-state index in [0.29, 0.717) is 22.6 Å². The third-order valence-corrected chi connectivity index (χ3v) is 7.54. The Morgan fingerprint density at radius 3 is 2.19 bits per heavy atom. The molecule has 3 N–H and O–H groups in total. The average molecular weight is 609 g/mol. The molecule has 0 aliphatic carbocycles. The van der Waals surface area contributed by atoms with Crippen LogP contribution < -0.4 is 5.32 Å². The van der Waals surface area contributed by atoms with Gasteiger partial charge in [-0.1, -0.05) is 41.4 Å². The maximum Gasteiger partial charge on any atom is 0.294 e. The first-order valence-corrected chi connectivity index (χ1v) is 14.8. The van der Waals surface area contributed by atoms with Crippen LogP contribution in [0.1, 0.15) is 57.8 Å². The topological polar surface area (TPSA) is 145 Å². The van der Waals surface area contributed by atoms with E-state index in [1.54, 1.807) is 50.2 Å². The largest absolute Gasteiger partial charge is 0.389 e. The molecule has 0 spiro atoms. The van der Waals surface area contributed by atoms with E-state index in [4.69, 9.17) is 21.4 Å². The van der Waals surface area contributed by atoms with Gasteiger partial charge in [-0.15, -0.1) is 0 Å². The van der Waals surface area contributed by atoms with Crippen molar-refractivity contribution in [2.45, 2.75) is 51.5 Å². The molecular weight excluding hydrogens is 576 g/mol. The van der Waals surface area contributed by atoms with Gasteiger partial charge >= 0.3 is 0 Å². The molecule has 0 atom stereocenters. The summed E-state index contributed by atoms with van der Waals surface area (Å²) in [5.74, 6) is -0.216. The van der Waals surface area contributed by atoms with Crippen LogP contribution in [-0.2, 0) is 16.5 Å². The molecule has 4 rings (SSSR count). The molecule has 0 aliphatic rings. The molecule has 1 heterocycles. The van der Waals surface area contributed by atoms with Crippen LogP contribution in [0.3, 0.4) is 0 Å². The molecule has 1 amide bonds. The van der Waals surface area contributed by atoms with Crippen LogP contribution >= 0.6 is 11.6 Å². The second-order valence-electron chi connectivity index (χ2n) is 10.5. The molecule has 0 aliphatic heterocycles. The first-order chi connectivity index (χ1) is 19.6.